The number of thiophene rings is 1. The summed E-state index contributed by atoms with van der Waals surface area (Å²) in [5.74, 6) is 0.254. The number of hydrogen-bond donors (Lipinski definition) is 1. The highest BCUT2D eigenvalue weighted by Gasteiger charge is 1.98. The number of aryl methyl sites for hydroxylation is 1. The lowest BCUT2D eigenvalue weighted by atomic mass is 10.3. The van der Waals surface area contributed by atoms with Gasteiger partial charge in [0.1, 0.15) is 0 Å². The van der Waals surface area contributed by atoms with Crippen LogP contribution < -0.4 is 0 Å². The smallest absolute Gasteiger partial charge is 0.157 e. The maximum absolute atomic E-state index is 10.3. The average Bonchev–Trinajstić information content (AvgIpc) is 2.13. The van der Waals surface area contributed by atoms with Crippen molar-refractivity contribution in [1.29, 1.82) is 0 Å². The van der Waals surface area contributed by atoms with Crippen LogP contribution in [0.2, 0.25) is 0 Å². The molecule has 1 heterocycles. The molecule has 56 valence electrons. The van der Waals surface area contributed by atoms with Gasteiger partial charge >= 0.3 is 0 Å². The maximum atomic E-state index is 10.3. The Morgan fingerprint density at radius 3 is 2.90 bits per heavy atom. The second-order valence-corrected chi connectivity index (χ2v) is 4.08. The van der Waals surface area contributed by atoms with E-state index in [0.29, 0.717) is 0 Å². The highest BCUT2D eigenvalue weighted by molar-refractivity contribution is 7.78. The lowest BCUT2D eigenvalue weighted by molar-refractivity contribution is 0.563. The van der Waals surface area contributed by atoms with Crippen LogP contribution in [0, 0.1) is 6.92 Å². The van der Waals surface area contributed by atoms with Gasteiger partial charge in [-0.15, -0.1) is 11.3 Å². The fraction of sp³-hybridized carbons (Fsp3) is 0.333. The van der Waals surface area contributed by atoms with Crippen molar-refractivity contribution in [3.63, 3.8) is 0 Å². The summed E-state index contributed by atoms with van der Waals surface area (Å²) in [7, 11) is 0. The van der Waals surface area contributed by atoms with E-state index in [2.05, 4.69) is 0 Å². The molecule has 0 saturated carbocycles. The Balaban J connectivity index is 2.67. The normalized spacial score (nSPS) is 13.4. The zero-order valence-electron chi connectivity index (χ0n) is 5.53. The minimum Gasteiger partial charge on any atom is -0.306 e. The van der Waals surface area contributed by atoms with Gasteiger partial charge in [-0.25, -0.2) is 4.21 Å². The Bertz CT molecular complexity index is 242. The van der Waals surface area contributed by atoms with Crippen LogP contribution in [0.5, 0.6) is 0 Å². The summed E-state index contributed by atoms with van der Waals surface area (Å²) < 4.78 is 18.8. The van der Waals surface area contributed by atoms with Gasteiger partial charge in [0, 0.05) is 4.88 Å². The molecular weight excluding hydrogens is 168 g/mol. The second kappa shape index (κ2) is 3.27. The highest BCUT2D eigenvalue weighted by atomic mass is 32.2. The van der Waals surface area contributed by atoms with E-state index in [0.717, 1.165) is 5.56 Å². The molecule has 0 spiro atoms. The zero-order valence-corrected chi connectivity index (χ0v) is 7.17. The lowest BCUT2D eigenvalue weighted by Gasteiger charge is -1.87. The number of rotatable bonds is 2. The van der Waals surface area contributed by atoms with Gasteiger partial charge in [0.2, 0.25) is 0 Å². The van der Waals surface area contributed by atoms with E-state index in [-0.39, 0.29) is 5.75 Å². The summed E-state index contributed by atoms with van der Waals surface area (Å²) in [5.41, 5.74) is 0.948. The molecule has 1 aromatic heterocycles. The zero-order chi connectivity index (χ0) is 7.56. The van der Waals surface area contributed by atoms with E-state index in [1.54, 1.807) is 11.3 Å². The third-order valence-electron chi connectivity index (χ3n) is 1.07. The molecule has 0 aliphatic carbocycles. The van der Waals surface area contributed by atoms with Gasteiger partial charge in [-0.1, -0.05) is 0 Å². The Labute approximate surface area is 66.2 Å². The maximum Gasteiger partial charge on any atom is 0.157 e. The minimum atomic E-state index is -1.70. The van der Waals surface area contributed by atoms with Crippen LogP contribution in [0.3, 0.4) is 0 Å². The minimum absolute atomic E-state index is 0.254. The van der Waals surface area contributed by atoms with Gasteiger partial charge in [-0.2, -0.15) is 0 Å². The van der Waals surface area contributed by atoms with Crippen LogP contribution in [0.25, 0.3) is 0 Å². The van der Waals surface area contributed by atoms with E-state index in [9.17, 15) is 4.21 Å². The van der Waals surface area contributed by atoms with Gasteiger partial charge in [-0.05, 0) is 23.9 Å². The van der Waals surface area contributed by atoms with Crippen molar-refractivity contribution >= 4 is 22.4 Å². The predicted octanol–water partition coefficient (Wildman–Crippen LogP) is 1.78. The molecule has 0 radical (unpaired) electrons. The van der Waals surface area contributed by atoms with Crippen LogP contribution in [-0.2, 0) is 16.8 Å². The monoisotopic (exact) mass is 176 g/mol. The summed E-state index contributed by atoms with van der Waals surface area (Å²) in [6.45, 7) is 1.98. The molecule has 1 rings (SSSR count). The molecule has 4 heteroatoms. The SMILES string of the molecule is Cc1cc(CS(=O)O)cs1. The van der Waals surface area contributed by atoms with Gasteiger partial charge in [-0.3, -0.25) is 0 Å². The predicted molar refractivity (Wildman–Crippen MR) is 43.5 cm³/mol. The molecule has 2 nitrogen and oxygen atoms in total. The first-order valence-corrected chi connectivity index (χ1v) is 4.95. The molecule has 10 heavy (non-hydrogen) atoms. The third-order valence-corrected chi connectivity index (χ3v) is 2.57. The first-order chi connectivity index (χ1) is 4.68. The van der Waals surface area contributed by atoms with Crippen LogP contribution in [0.15, 0.2) is 11.4 Å². The molecule has 0 aromatic carbocycles. The van der Waals surface area contributed by atoms with Crippen LogP contribution in [0.4, 0.5) is 0 Å². The Hall–Kier alpha value is -0.190. The summed E-state index contributed by atoms with van der Waals surface area (Å²) in [6, 6.07) is 1.93. The van der Waals surface area contributed by atoms with Crippen LogP contribution in [0.1, 0.15) is 10.4 Å². The third kappa shape index (κ3) is 2.21. The molecule has 0 amide bonds. The first kappa shape index (κ1) is 7.91. The summed E-state index contributed by atoms with van der Waals surface area (Å²) in [4.78, 5) is 1.18. The largest absolute Gasteiger partial charge is 0.306 e. The van der Waals surface area contributed by atoms with Gasteiger partial charge in [0.25, 0.3) is 0 Å². The standard InChI is InChI=1S/C6H8O2S2/c1-5-2-6(3-9-5)4-10(7)8/h2-3H,4H2,1H3,(H,7,8). The fourth-order valence-corrected chi connectivity index (χ4v) is 1.98. The van der Waals surface area contributed by atoms with Crippen molar-refractivity contribution in [3.05, 3.63) is 21.9 Å². The van der Waals surface area contributed by atoms with E-state index < -0.39 is 11.1 Å². The van der Waals surface area contributed by atoms with Crippen molar-refractivity contribution in [3.8, 4) is 0 Å². The average molecular weight is 176 g/mol. The molecule has 0 bridgehead atoms. The van der Waals surface area contributed by atoms with Crippen molar-refractivity contribution in [2.24, 2.45) is 0 Å². The molecule has 0 aliphatic heterocycles. The van der Waals surface area contributed by atoms with E-state index >= 15 is 0 Å². The fourth-order valence-electron chi connectivity index (χ4n) is 0.716. The molecule has 0 aliphatic rings. The summed E-state index contributed by atoms with van der Waals surface area (Å²) >= 11 is -0.0957. The van der Waals surface area contributed by atoms with Gasteiger partial charge in [0.15, 0.2) is 11.1 Å². The molecule has 0 saturated heterocycles. The highest BCUT2D eigenvalue weighted by Crippen LogP contribution is 2.13. The lowest BCUT2D eigenvalue weighted by Crippen LogP contribution is -1.89. The number of hydrogen-bond acceptors (Lipinski definition) is 2. The van der Waals surface area contributed by atoms with Crippen molar-refractivity contribution in [2.75, 3.05) is 0 Å². The van der Waals surface area contributed by atoms with Crippen LogP contribution >= 0.6 is 11.3 Å². The molecule has 1 atom stereocenters. The summed E-state index contributed by atoms with van der Waals surface area (Å²) in [6.07, 6.45) is 0. The van der Waals surface area contributed by atoms with Crippen LogP contribution in [-0.4, -0.2) is 8.76 Å². The van der Waals surface area contributed by atoms with Crippen molar-refractivity contribution in [1.82, 2.24) is 0 Å². The molecule has 1 N–H and O–H groups in total. The van der Waals surface area contributed by atoms with Crippen molar-refractivity contribution in [2.45, 2.75) is 12.7 Å². The van der Waals surface area contributed by atoms with E-state index in [1.807, 2.05) is 18.4 Å². The Morgan fingerprint density at radius 1 is 1.80 bits per heavy atom. The quantitative estimate of drug-likeness (QED) is 0.697. The Morgan fingerprint density at radius 2 is 2.50 bits per heavy atom. The van der Waals surface area contributed by atoms with Crippen molar-refractivity contribution < 1.29 is 8.76 Å². The molecule has 0 fully saturated rings. The second-order valence-electron chi connectivity index (χ2n) is 2.03. The van der Waals surface area contributed by atoms with Gasteiger partial charge in [0.05, 0.1) is 5.75 Å². The summed E-state index contributed by atoms with van der Waals surface area (Å²) in [5, 5.41) is 1.91. The topological polar surface area (TPSA) is 37.3 Å². The molecule has 1 unspecified atom stereocenters. The molecular formula is C6H8O2S2. The van der Waals surface area contributed by atoms with Gasteiger partial charge < -0.3 is 4.55 Å². The molecule has 1 aromatic rings. The Kier molecular flexibility index (Phi) is 2.59. The van der Waals surface area contributed by atoms with E-state index in [1.165, 1.54) is 4.88 Å². The van der Waals surface area contributed by atoms with E-state index in [4.69, 9.17) is 4.55 Å². The first-order valence-electron chi connectivity index (χ1n) is 2.80.